The predicted octanol–water partition coefficient (Wildman–Crippen LogP) is 0.983. The van der Waals surface area contributed by atoms with E-state index in [4.69, 9.17) is 0 Å². The zero-order valence-corrected chi connectivity index (χ0v) is 10.3. The largest absolute Gasteiger partial charge is 0.471 e. The van der Waals surface area contributed by atoms with E-state index in [2.05, 4.69) is 0 Å². The van der Waals surface area contributed by atoms with Crippen molar-refractivity contribution < 1.29 is 27.9 Å². The van der Waals surface area contributed by atoms with Gasteiger partial charge in [-0.05, 0) is 31.1 Å². The molecule has 1 saturated heterocycles. The molecular formula is C12H16F3NO3. The van der Waals surface area contributed by atoms with E-state index in [1.54, 1.807) is 0 Å². The van der Waals surface area contributed by atoms with Crippen molar-refractivity contribution in [2.45, 2.75) is 31.5 Å². The topological polar surface area (TPSA) is 57.6 Å². The van der Waals surface area contributed by atoms with Crippen LogP contribution in [0.5, 0.6) is 0 Å². The Kier molecular flexibility index (Phi) is 3.85. The number of aldehydes is 1. The number of amides is 1. The van der Waals surface area contributed by atoms with Crippen molar-refractivity contribution in [1.82, 2.24) is 4.90 Å². The highest BCUT2D eigenvalue weighted by Gasteiger charge is 2.46. The third-order valence-corrected chi connectivity index (χ3v) is 4.21. The number of hydrogen-bond acceptors (Lipinski definition) is 3. The van der Waals surface area contributed by atoms with Gasteiger partial charge in [0.05, 0.1) is 6.10 Å². The Labute approximate surface area is 108 Å². The quantitative estimate of drug-likeness (QED) is 0.728. The second-order valence-corrected chi connectivity index (χ2v) is 5.40. The van der Waals surface area contributed by atoms with Crippen molar-refractivity contribution in [3.05, 3.63) is 0 Å². The SMILES string of the molecule is O=CC1CC2CCN(C(=O)C(F)(F)F)CC2CC1O. The number of likely N-dealkylation sites (tertiary alicyclic amines) is 1. The van der Waals surface area contributed by atoms with Gasteiger partial charge in [0.2, 0.25) is 0 Å². The van der Waals surface area contributed by atoms with Gasteiger partial charge in [0, 0.05) is 19.0 Å². The van der Waals surface area contributed by atoms with Gasteiger partial charge in [0.15, 0.2) is 0 Å². The fourth-order valence-electron chi connectivity index (χ4n) is 3.16. The molecule has 1 heterocycles. The van der Waals surface area contributed by atoms with Crippen LogP contribution in [0.15, 0.2) is 0 Å². The molecule has 2 aliphatic rings. The molecule has 0 aromatic heterocycles. The number of nitrogens with zero attached hydrogens (tertiary/aromatic N) is 1. The lowest BCUT2D eigenvalue weighted by atomic mass is 9.70. The molecule has 0 radical (unpaired) electrons. The van der Waals surface area contributed by atoms with Crippen molar-refractivity contribution in [2.24, 2.45) is 17.8 Å². The molecule has 0 aromatic rings. The summed E-state index contributed by atoms with van der Waals surface area (Å²) in [5, 5.41) is 9.74. The summed E-state index contributed by atoms with van der Waals surface area (Å²) in [7, 11) is 0. The Morgan fingerprint density at radius 1 is 1.26 bits per heavy atom. The first kappa shape index (κ1) is 14.3. The van der Waals surface area contributed by atoms with E-state index in [9.17, 15) is 27.9 Å². The first-order valence-corrected chi connectivity index (χ1v) is 6.32. The third kappa shape index (κ3) is 2.91. The molecule has 0 bridgehead atoms. The van der Waals surface area contributed by atoms with E-state index in [1.165, 1.54) is 0 Å². The highest BCUT2D eigenvalue weighted by Crippen LogP contribution is 2.39. The number of piperidine rings is 1. The van der Waals surface area contributed by atoms with Crippen LogP contribution in [-0.4, -0.2) is 47.6 Å². The summed E-state index contributed by atoms with van der Waals surface area (Å²) in [6, 6.07) is 0. The van der Waals surface area contributed by atoms with E-state index in [1.807, 2.05) is 0 Å². The minimum Gasteiger partial charge on any atom is -0.392 e. The van der Waals surface area contributed by atoms with E-state index in [0.717, 1.165) is 4.90 Å². The Bertz CT molecular complexity index is 372. The minimum atomic E-state index is -4.84. The smallest absolute Gasteiger partial charge is 0.392 e. The van der Waals surface area contributed by atoms with Gasteiger partial charge < -0.3 is 14.8 Å². The van der Waals surface area contributed by atoms with E-state index >= 15 is 0 Å². The summed E-state index contributed by atoms with van der Waals surface area (Å²) < 4.78 is 37.1. The number of rotatable bonds is 1. The summed E-state index contributed by atoms with van der Waals surface area (Å²) in [6.07, 6.45) is -3.68. The number of aliphatic hydroxyl groups is 1. The molecule has 1 aliphatic carbocycles. The molecule has 19 heavy (non-hydrogen) atoms. The maximum Gasteiger partial charge on any atom is 0.471 e. The third-order valence-electron chi connectivity index (χ3n) is 4.21. The summed E-state index contributed by atoms with van der Waals surface area (Å²) in [6.45, 7) is 0.0901. The fourth-order valence-corrected chi connectivity index (χ4v) is 3.16. The molecule has 2 fully saturated rings. The Morgan fingerprint density at radius 3 is 2.53 bits per heavy atom. The summed E-state index contributed by atoms with van der Waals surface area (Å²) in [5.41, 5.74) is 0. The second kappa shape index (κ2) is 5.11. The van der Waals surface area contributed by atoms with Gasteiger partial charge in [-0.1, -0.05) is 0 Å². The number of hydrogen-bond donors (Lipinski definition) is 1. The second-order valence-electron chi connectivity index (χ2n) is 5.40. The molecular weight excluding hydrogens is 263 g/mol. The summed E-state index contributed by atoms with van der Waals surface area (Å²) in [4.78, 5) is 22.8. The van der Waals surface area contributed by atoms with E-state index in [-0.39, 0.29) is 31.3 Å². The van der Waals surface area contributed by atoms with Crippen LogP contribution in [0, 0.1) is 17.8 Å². The molecule has 1 aliphatic heterocycles. The zero-order valence-electron chi connectivity index (χ0n) is 10.3. The molecule has 4 unspecified atom stereocenters. The zero-order chi connectivity index (χ0) is 14.2. The standard InChI is InChI=1S/C12H16F3NO3/c13-12(14,15)11(19)16-2-1-7-3-9(6-17)10(18)4-8(7)5-16/h6-10,18H,1-5H2. The Balaban J connectivity index is 2.01. The molecule has 4 nitrogen and oxygen atoms in total. The van der Waals surface area contributed by atoms with Crippen LogP contribution in [0.2, 0.25) is 0 Å². The lowest BCUT2D eigenvalue weighted by Gasteiger charge is -2.44. The number of fused-ring (bicyclic) bond motifs is 1. The molecule has 1 saturated carbocycles. The molecule has 0 aromatic carbocycles. The maximum atomic E-state index is 12.4. The van der Waals surface area contributed by atoms with Crippen LogP contribution in [0.25, 0.3) is 0 Å². The van der Waals surface area contributed by atoms with Crippen LogP contribution in [0.1, 0.15) is 19.3 Å². The van der Waals surface area contributed by atoms with Gasteiger partial charge in [-0.25, -0.2) is 0 Å². The Hall–Kier alpha value is -1.11. The van der Waals surface area contributed by atoms with Gasteiger partial charge in [-0.3, -0.25) is 4.79 Å². The highest BCUT2D eigenvalue weighted by atomic mass is 19.4. The van der Waals surface area contributed by atoms with Gasteiger partial charge in [-0.2, -0.15) is 13.2 Å². The van der Waals surface area contributed by atoms with Crippen LogP contribution in [0.3, 0.4) is 0 Å². The van der Waals surface area contributed by atoms with Crippen molar-refractivity contribution in [3.63, 3.8) is 0 Å². The summed E-state index contributed by atoms with van der Waals surface area (Å²) in [5.74, 6) is -2.26. The average Bonchev–Trinajstić information content (AvgIpc) is 2.35. The van der Waals surface area contributed by atoms with Gasteiger partial charge in [0.25, 0.3) is 0 Å². The first-order valence-electron chi connectivity index (χ1n) is 6.32. The van der Waals surface area contributed by atoms with Gasteiger partial charge >= 0.3 is 12.1 Å². The number of aliphatic hydroxyl groups excluding tert-OH is 1. The van der Waals surface area contributed by atoms with E-state index in [0.29, 0.717) is 19.1 Å². The molecule has 0 spiro atoms. The normalized spacial score (nSPS) is 35.7. The predicted molar refractivity (Wildman–Crippen MR) is 59.0 cm³/mol. The molecule has 2 rings (SSSR count). The van der Waals surface area contributed by atoms with Crippen LogP contribution >= 0.6 is 0 Å². The highest BCUT2D eigenvalue weighted by molar-refractivity contribution is 5.82. The monoisotopic (exact) mass is 279 g/mol. The molecule has 4 atom stereocenters. The average molecular weight is 279 g/mol. The van der Waals surface area contributed by atoms with E-state index < -0.39 is 24.1 Å². The van der Waals surface area contributed by atoms with Crippen LogP contribution in [0.4, 0.5) is 13.2 Å². The van der Waals surface area contributed by atoms with Crippen molar-refractivity contribution in [2.75, 3.05) is 13.1 Å². The Morgan fingerprint density at radius 2 is 1.95 bits per heavy atom. The fraction of sp³-hybridized carbons (Fsp3) is 0.833. The molecule has 108 valence electrons. The lowest BCUT2D eigenvalue weighted by molar-refractivity contribution is -0.188. The van der Waals surface area contributed by atoms with Crippen LogP contribution < -0.4 is 0 Å². The van der Waals surface area contributed by atoms with Crippen molar-refractivity contribution in [3.8, 4) is 0 Å². The summed E-state index contributed by atoms with van der Waals surface area (Å²) >= 11 is 0. The molecule has 1 amide bonds. The number of alkyl halides is 3. The van der Waals surface area contributed by atoms with Crippen molar-refractivity contribution in [1.29, 1.82) is 0 Å². The molecule has 1 N–H and O–H groups in total. The number of carbonyl (C=O) groups is 2. The number of carbonyl (C=O) groups excluding carboxylic acids is 2. The van der Waals surface area contributed by atoms with Crippen LogP contribution in [-0.2, 0) is 9.59 Å². The first-order chi connectivity index (χ1) is 8.82. The maximum absolute atomic E-state index is 12.4. The molecule has 7 heteroatoms. The minimum absolute atomic E-state index is 0.0195. The van der Waals surface area contributed by atoms with Gasteiger partial charge in [0.1, 0.15) is 6.29 Å². The van der Waals surface area contributed by atoms with Gasteiger partial charge in [-0.15, -0.1) is 0 Å². The number of halogens is 3. The van der Waals surface area contributed by atoms with Crippen molar-refractivity contribution >= 4 is 12.2 Å². The lowest BCUT2D eigenvalue weighted by Crippen LogP contribution is -2.51.